The van der Waals surface area contributed by atoms with Gasteiger partial charge in [0.25, 0.3) is 0 Å². The van der Waals surface area contributed by atoms with Crippen LogP contribution in [0.25, 0.3) is 10.9 Å². The molecule has 104 valence electrons. The Kier molecular flexibility index (Phi) is 3.96. The summed E-state index contributed by atoms with van der Waals surface area (Å²) in [6.07, 6.45) is 2.82. The van der Waals surface area contributed by atoms with Gasteiger partial charge in [-0.25, -0.2) is 4.57 Å². The van der Waals surface area contributed by atoms with Gasteiger partial charge in [0.15, 0.2) is 0 Å². The largest absolute Gasteiger partial charge is 0.524 e. The summed E-state index contributed by atoms with van der Waals surface area (Å²) < 4.78 is 15.3. The molecule has 0 fully saturated rings. The molecule has 0 bridgehead atoms. The van der Waals surface area contributed by atoms with Crippen LogP contribution in [0, 0.1) is 0 Å². The summed E-state index contributed by atoms with van der Waals surface area (Å²) in [5, 5.41) is 1.04. The van der Waals surface area contributed by atoms with Crippen molar-refractivity contribution >= 4 is 18.7 Å². The maximum Gasteiger partial charge on any atom is 0.524 e. The van der Waals surface area contributed by atoms with Crippen LogP contribution in [-0.4, -0.2) is 40.3 Å². The van der Waals surface area contributed by atoms with Gasteiger partial charge >= 0.3 is 7.82 Å². The lowest BCUT2D eigenvalue weighted by atomic mass is 10.1. The van der Waals surface area contributed by atoms with Crippen molar-refractivity contribution in [1.82, 2.24) is 9.88 Å². The average molecular weight is 284 g/mol. The van der Waals surface area contributed by atoms with Gasteiger partial charge in [-0.1, -0.05) is 0 Å². The minimum absolute atomic E-state index is 0.154. The number of nitrogens with one attached hydrogen (secondary N) is 1. The van der Waals surface area contributed by atoms with E-state index >= 15 is 0 Å². The topological polar surface area (TPSA) is 85.8 Å². The Morgan fingerprint density at radius 1 is 1.37 bits per heavy atom. The van der Waals surface area contributed by atoms with E-state index in [0.717, 1.165) is 23.9 Å². The van der Waals surface area contributed by atoms with Gasteiger partial charge in [-0.3, -0.25) is 9.79 Å². The minimum atomic E-state index is -4.51. The molecule has 2 aromatic rings. The first-order valence-electron chi connectivity index (χ1n) is 5.85. The fourth-order valence-electron chi connectivity index (χ4n) is 1.91. The van der Waals surface area contributed by atoms with E-state index in [0.29, 0.717) is 0 Å². The van der Waals surface area contributed by atoms with Crippen molar-refractivity contribution in [2.75, 3.05) is 20.6 Å². The van der Waals surface area contributed by atoms with Gasteiger partial charge in [-0.15, -0.1) is 0 Å². The van der Waals surface area contributed by atoms with Crippen molar-refractivity contribution in [2.24, 2.45) is 0 Å². The molecular formula is C12H17N2O4P. The van der Waals surface area contributed by atoms with Gasteiger partial charge in [0.2, 0.25) is 0 Å². The molecule has 0 aliphatic rings. The standard InChI is InChI=1S/C12H17N2O4P/c1-14(2)6-5-9-8-13-12-7-10(3-4-11(9)12)18-19(15,16)17/h3-4,7-8,13H,5-6H2,1-2H3,(H2,15,16,17). The number of benzene rings is 1. The van der Waals surface area contributed by atoms with E-state index in [9.17, 15) is 4.57 Å². The Morgan fingerprint density at radius 2 is 2.11 bits per heavy atom. The number of phosphoric acid groups is 1. The van der Waals surface area contributed by atoms with Gasteiger partial charge in [0.05, 0.1) is 0 Å². The smallest absolute Gasteiger partial charge is 0.404 e. The first kappa shape index (κ1) is 14.1. The number of fused-ring (bicyclic) bond motifs is 1. The predicted octanol–water partition coefficient (Wildman–Crippen LogP) is 1.74. The van der Waals surface area contributed by atoms with Crippen molar-refractivity contribution < 1.29 is 18.9 Å². The van der Waals surface area contributed by atoms with Gasteiger partial charge in [0, 0.05) is 29.7 Å². The third-order valence-electron chi connectivity index (χ3n) is 2.79. The van der Waals surface area contributed by atoms with E-state index < -0.39 is 7.82 Å². The molecule has 0 saturated heterocycles. The summed E-state index contributed by atoms with van der Waals surface area (Å²) in [5.74, 6) is 0.154. The molecule has 1 aromatic carbocycles. The zero-order valence-electron chi connectivity index (χ0n) is 10.8. The number of rotatable bonds is 5. The molecule has 0 aliphatic heterocycles. The average Bonchev–Trinajstić information content (AvgIpc) is 2.66. The molecule has 1 aromatic heterocycles. The molecule has 7 heteroatoms. The van der Waals surface area contributed by atoms with E-state index in [4.69, 9.17) is 9.79 Å². The van der Waals surface area contributed by atoms with E-state index in [1.807, 2.05) is 26.4 Å². The maximum absolute atomic E-state index is 10.8. The summed E-state index contributed by atoms with van der Waals surface area (Å²) in [5.41, 5.74) is 1.98. The molecular weight excluding hydrogens is 267 g/mol. The number of phosphoric ester groups is 1. The van der Waals surface area contributed by atoms with Crippen molar-refractivity contribution in [3.63, 3.8) is 0 Å². The van der Waals surface area contributed by atoms with Crippen LogP contribution in [0.3, 0.4) is 0 Å². The van der Waals surface area contributed by atoms with E-state index in [1.165, 1.54) is 5.56 Å². The zero-order valence-corrected chi connectivity index (χ0v) is 11.7. The van der Waals surface area contributed by atoms with E-state index in [2.05, 4.69) is 14.4 Å². The second kappa shape index (κ2) is 5.35. The third kappa shape index (κ3) is 3.81. The number of H-pyrrole nitrogens is 1. The number of hydrogen-bond donors (Lipinski definition) is 3. The monoisotopic (exact) mass is 284 g/mol. The first-order chi connectivity index (χ1) is 8.85. The summed E-state index contributed by atoms with van der Waals surface area (Å²) >= 11 is 0. The van der Waals surface area contributed by atoms with Crippen molar-refractivity contribution in [3.05, 3.63) is 30.0 Å². The highest BCUT2D eigenvalue weighted by molar-refractivity contribution is 7.46. The molecule has 0 spiro atoms. The zero-order chi connectivity index (χ0) is 14.0. The summed E-state index contributed by atoms with van der Waals surface area (Å²) in [6.45, 7) is 0.938. The molecule has 0 atom stereocenters. The Morgan fingerprint density at radius 3 is 2.74 bits per heavy atom. The van der Waals surface area contributed by atoms with Crippen LogP contribution in [-0.2, 0) is 11.0 Å². The highest BCUT2D eigenvalue weighted by Crippen LogP contribution is 2.38. The fourth-order valence-corrected chi connectivity index (χ4v) is 2.30. The lowest BCUT2D eigenvalue weighted by Crippen LogP contribution is -2.14. The Hall–Kier alpha value is -1.33. The Labute approximate surface area is 111 Å². The van der Waals surface area contributed by atoms with Crippen LogP contribution in [0.2, 0.25) is 0 Å². The van der Waals surface area contributed by atoms with Crippen LogP contribution in [0.15, 0.2) is 24.4 Å². The normalized spacial score (nSPS) is 12.3. The molecule has 6 nitrogen and oxygen atoms in total. The number of hydrogen-bond acceptors (Lipinski definition) is 3. The fraction of sp³-hybridized carbons (Fsp3) is 0.333. The molecule has 1 heterocycles. The molecule has 0 saturated carbocycles. The summed E-state index contributed by atoms with van der Waals surface area (Å²) in [6, 6.07) is 4.96. The number of aromatic nitrogens is 1. The lowest BCUT2D eigenvalue weighted by Gasteiger charge is -2.09. The summed E-state index contributed by atoms with van der Waals surface area (Å²) in [7, 11) is -0.476. The van der Waals surface area contributed by atoms with Crippen LogP contribution in [0.1, 0.15) is 5.56 Å². The van der Waals surface area contributed by atoms with Crippen LogP contribution < -0.4 is 4.52 Å². The van der Waals surface area contributed by atoms with Crippen LogP contribution in [0.5, 0.6) is 5.75 Å². The van der Waals surface area contributed by atoms with Gasteiger partial charge in [0.1, 0.15) is 5.75 Å². The molecule has 3 N–H and O–H groups in total. The number of aromatic amines is 1. The SMILES string of the molecule is CN(C)CCc1c[nH]c2cc(OP(=O)(O)O)ccc12. The molecule has 0 amide bonds. The Balaban J connectivity index is 2.24. The molecule has 2 rings (SSSR count). The third-order valence-corrected chi connectivity index (χ3v) is 3.24. The van der Waals surface area contributed by atoms with E-state index in [1.54, 1.807) is 12.1 Å². The number of likely N-dealkylation sites (N-methyl/N-ethyl adjacent to an activating group) is 1. The van der Waals surface area contributed by atoms with Crippen molar-refractivity contribution in [3.8, 4) is 5.75 Å². The van der Waals surface area contributed by atoms with Crippen LogP contribution in [0.4, 0.5) is 0 Å². The van der Waals surface area contributed by atoms with Gasteiger partial charge < -0.3 is 14.4 Å². The summed E-state index contributed by atoms with van der Waals surface area (Å²) in [4.78, 5) is 22.7. The predicted molar refractivity (Wildman–Crippen MR) is 73.2 cm³/mol. The van der Waals surface area contributed by atoms with E-state index in [-0.39, 0.29) is 5.75 Å². The molecule has 0 radical (unpaired) electrons. The van der Waals surface area contributed by atoms with Crippen molar-refractivity contribution in [2.45, 2.75) is 6.42 Å². The molecule has 19 heavy (non-hydrogen) atoms. The Bertz CT molecular complexity index is 617. The quantitative estimate of drug-likeness (QED) is 0.728. The number of nitrogens with zero attached hydrogens (tertiary/aromatic N) is 1. The van der Waals surface area contributed by atoms with Crippen LogP contribution >= 0.6 is 7.82 Å². The maximum atomic E-state index is 10.8. The highest BCUT2D eigenvalue weighted by atomic mass is 31.2. The molecule has 0 aliphatic carbocycles. The highest BCUT2D eigenvalue weighted by Gasteiger charge is 2.16. The second-order valence-electron chi connectivity index (χ2n) is 4.66. The first-order valence-corrected chi connectivity index (χ1v) is 7.38. The van der Waals surface area contributed by atoms with Gasteiger partial charge in [-0.2, -0.15) is 0 Å². The van der Waals surface area contributed by atoms with Crippen molar-refractivity contribution in [1.29, 1.82) is 0 Å². The minimum Gasteiger partial charge on any atom is -0.404 e. The molecule has 0 unspecified atom stereocenters. The lowest BCUT2D eigenvalue weighted by molar-refractivity contribution is 0.283. The second-order valence-corrected chi connectivity index (χ2v) is 5.82. The van der Waals surface area contributed by atoms with Gasteiger partial charge in [-0.05, 0) is 38.2 Å².